The van der Waals surface area contributed by atoms with Crippen LogP contribution in [0.4, 0.5) is 5.69 Å². The molecule has 0 fully saturated rings. The van der Waals surface area contributed by atoms with Crippen molar-refractivity contribution >= 4 is 11.7 Å². The van der Waals surface area contributed by atoms with Crippen molar-refractivity contribution in [1.82, 2.24) is 4.57 Å². The molecule has 20 heavy (non-hydrogen) atoms. The molecule has 1 aromatic heterocycles. The van der Waals surface area contributed by atoms with Gasteiger partial charge in [0.1, 0.15) is 0 Å². The van der Waals surface area contributed by atoms with Gasteiger partial charge in [-0.3, -0.25) is 19.5 Å². The van der Waals surface area contributed by atoms with Crippen LogP contribution in [0.15, 0.2) is 41.2 Å². The van der Waals surface area contributed by atoms with Gasteiger partial charge in [0.2, 0.25) is 0 Å². The summed E-state index contributed by atoms with van der Waals surface area (Å²) >= 11 is 0. The third kappa shape index (κ3) is 2.28. The Balaban J connectivity index is 2.63. The monoisotopic (exact) mass is 274 g/mol. The number of nitrogens with zero attached hydrogens (tertiary/aromatic N) is 2. The maximum absolute atomic E-state index is 11.9. The lowest BCUT2D eigenvalue weighted by atomic mass is 10.2. The average molecular weight is 274 g/mol. The van der Waals surface area contributed by atoms with Crippen molar-refractivity contribution in [3.8, 4) is 5.69 Å². The molecule has 1 N–H and O–H groups in total. The Hall–Kier alpha value is -2.96. The molecule has 1 aromatic carbocycles. The molecular weight excluding hydrogens is 264 g/mol. The van der Waals surface area contributed by atoms with Gasteiger partial charge >= 0.3 is 5.97 Å². The number of carboxylic acid groups (broad SMARTS) is 1. The lowest BCUT2D eigenvalue weighted by Crippen LogP contribution is -2.22. The highest BCUT2D eigenvalue weighted by atomic mass is 16.6. The Kier molecular flexibility index (Phi) is 3.34. The maximum Gasteiger partial charge on any atom is 0.337 e. The first-order valence-corrected chi connectivity index (χ1v) is 5.62. The van der Waals surface area contributed by atoms with Crippen molar-refractivity contribution in [2.45, 2.75) is 6.92 Å². The van der Waals surface area contributed by atoms with Crippen molar-refractivity contribution in [2.24, 2.45) is 0 Å². The van der Waals surface area contributed by atoms with Crippen LogP contribution in [-0.4, -0.2) is 20.6 Å². The number of nitro groups is 1. The van der Waals surface area contributed by atoms with Gasteiger partial charge in [-0.2, -0.15) is 0 Å². The number of nitro benzene ring substituents is 1. The normalized spacial score (nSPS) is 10.2. The number of hydrogen-bond donors (Lipinski definition) is 1. The van der Waals surface area contributed by atoms with Crippen LogP contribution in [0.25, 0.3) is 5.69 Å². The molecular formula is C13H10N2O5. The van der Waals surface area contributed by atoms with E-state index in [1.54, 1.807) is 0 Å². The zero-order valence-corrected chi connectivity index (χ0v) is 10.4. The van der Waals surface area contributed by atoms with Crippen molar-refractivity contribution in [3.63, 3.8) is 0 Å². The van der Waals surface area contributed by atoms with E-state index in [0.717, 1.165) is 6.07 Å². The van der Waals surface area contributed by atoms with Gasteiger partial charge in [-0.25, -0.2) is 4.79 Å². The highest BCUT2D eigenvalue weighted by Crippen LogP contribution is 2.16. The molecule has 0 spiro atoms. The highest BCUT2D eigenvalue weighted by Gasteiger charge is 2.13. The zero-order chi connectivity index (χ0) is 14.9. The number of non-ortho nitro benzene ring substituents is 1. The number of carboxylic acids is 1. The van der Waals surface area contributed by atoms with E-state index < -0.39 is 16.5 Å². The van der Waals surface area contributed by atoms with E-state index in [9.17, 15) is 19.7 Å². The molecule has 0 saturated carbocycles. The molecule has 2 rings (SSSR count). The Labute approximate surface area is 112 Å². The number of aromatic carboxylic acids is 1. The summed E-state index contributed by atoms with van der Waals surface area (Å²) in [5, 5.41) is 19.6. The topological polar surface area (TPSA) is 102 Å². The summed E-state index contributed by atoms with van der Waals surface area (Å²) in [4.78, 5) is 33.0. The first kappa shape index (κ1) is 13.5. The van der Waals surface area contributed by atoms with Gasteiger partial charge < -0.3 is 5.11 Å². The van der Waals surface area contributed by atoms with Crippen molar-refractivity contribution in [1.29, 1.82) is 0 Å². The van der Waals surface area contributed by atoms with Gasteiger partial charge in [0.15, 0.2) is 0 Å². The van der Waals surface area contributed by atoms with E-state index in [1.807, 2.05) is 0 Å². The molecule has 0 aliphatic rings. The molecule has 0 unspecified atom stereocenters. The molecule has 7 heteroatoms. The summed E-state index contributed by atoms with van der Waals surface area (Å²) in [7, 11) is 0. The number of hydrogen-bond acceptors (Lipinski definition) is 4. The highest BCUT2D eigenvalue weighted by molar-refractivity contribution is 5.88. The van der Waals surface area contributed by atoms with E-state index in [-0.39, 0.29) is 16.9 Å². The van der Waals surface area contributed by atoms with E-state index in [4.69, 9.17) is 5.11 Å². The van der Waals surface area contributed by atoms with Crippen molar-refractivity contribution in [3.05, 3.63) is 68.1 Å². The molecule has 0 bridgehead atoms. The summed E-state index contributed by atoms with van der Waals surface area (Å²) in [6.45, 7) is 1.51. The third-order valence-corrected chi connectivity index (χ3v) is 2.89. The Bertz CT molecular complexity index is 746. The smallest absolute Gasteiger partial charge is 0.337 e. The Morgan fingerprint density at radius 2 is 1.80 bits per heavy atom. The Morgan fingerprint density at radius 3 is 2.30 bits per heavy atom. The fraction of sp³-hybridized carbons (Fsp3) is 0.0769. The quantitative estimate of drug-likeness (QED) is 0.678. The number of aromatic nitrogens is 1. The SMILES string of the molecule is Cc1c(C(=O)O)ccc(=O)n1-c1ccc([N+](=O)[O-])cc1. The van der Waals surface area contributed by atoms with Crippen LogP contribution < -0.4 is 5.56 Å². The molecule has 0 atom stereocenters. The first-order valence-electron chi connectivity index (χ1n) is 5.62. The van der Waals surface area contributed by atoms with E-state index in [2.05, 4.69) is 0 Å². The van der Waals surface area contributed by atoms with Gasteiger partial charge in [-0.05, 0) is 25.1 Å². The number of benzene rings is 1. The largest absolute Gasteiger partial charge is 0.478 e. The Morgan fingerprint density at radius 1 is 1.20 bits per heavy atom. The second kappa shape index (κ2) is 4.96. The summed E-state index contributed by atoms with van der Waals surface area (Å²) in [6.07, 6.45) is 0. The van der Waals surface area contributed by atoms with E-state index in [1.165, 1.54) is 41.8 Å². The first-order chi connectivity index (χ1) is 9.41. The van der Waals surface area contributed by atoms with Gasteiger partial charge in [0.05, 0.1) is 10.5 Å². The molecule has 1 heterocycles. The van der Waals surface area contributed by atoms with Crippen LogP contribution in [0.1, 0.15) is 16.1 Å². The van der Waals surface area contributed by atoms with Crippen LogP contribution >= 0.6 is 0 Å². The molecule has 102 valence electrons. The minimum atomic E-state index is -1.14. The van der Waals surface area contributed by atoms with Crippen LogP contribution in [-0.2, 0) is 0 Å². The second-order valence-corrected chi connectivity index (χ2v) is 4.08. The minimum absolute atomic E-state index is 0.00273. The molecule has 0 saturated heterocycles. The van der Waals surface area contributed by atoms with Gasteiger partial charge in [0.25, 0.3) is 11.2 Å². The summed E-state index contributed by atoms with van der Waals surface area (Å²) in [6, 6.07) is 7.71. The minimum Gasteiger partial charge on any atom is -0.478 e. The predicted molar refractivity (Wildman–Crippen MR) is 70.4 cm³/mol. The summed E-state index contributed by atoms with van der Waals surface area (Å²) < 4.78 is 1.20. The molecule has 0 radical (unpaired) electrons. The van der Waals surface area contributed by atoms with Crippen molar-refractivity contribution < 1.29 is 14.8 Å². The van der Waals surface area contributed by atoms with Crippen LogP contribution in [0.5, 0.6) is 0 Å². The van der Waals surface area contributed by atoms with Crippen LogP contribution in [0.2, 0.25) is 0 Å². The van der Waals surface area contributed by atoms with Gasteiger partial charge in [-0.15, -0.1) is 0 Å². The van der Waals surface area contributed by atoms with Gasteiger partial charge in [0, 0.05) is 29.6 Å². The summed E-state index contributed by atoms with van der Waals surface area (Å²) in [5.41, 5.74) is 0.137. The average Bonchev–Trinajstić information content (AvgIpc) is 2.38. The zero-order valence-electron chi connectivity index (χ0n) is 10.4. The maximum atomic E-state index is 11.9. The fourth-order valence-electron chi connectivity index (χ4n) is 1.91. The van der Waals surface area contributed by atoms with Crippen LogP contribution in [0.3, 0.4) is 0 Å². The van der Waals surface area contributed by atoms with E-state index >= 15 is 0 Å². The third-order valence-electron chi connectivity index (χ3n) is 2.89. The molecule has 2 aromatic rings. The lowest BCUT2D eigenvalue weighted by Gasteiger charge is -2.11. The second-order valence-electron chi connectivity index (χ2n) is 4.08. The molecule has 7 nitrogen and oxygen atoms in total. The van der Waals surface area contributed by atoms with Gasteiger partial charge in [-0.1, -0.05) is 0 Å². The predicted octanol–water partition coefficient (Wildman–Crippen LogP) is 1.75. The standard InChI is InChI=1S/C13H10N2O5/c1-8-11(13(17)18)6-7-12(16)14(8)9-2-4-10(5-3-9)15(19)20/h2-7H,1H3,(H,17,18). The number of rotatable bonds is 3. The van der Waals surface area contributed by atoms with Crippen molar-refractivity contribution in [2.75, 3.05) is 0 Å². The number of pyridine rings is 1. The summed E-state index contributed by atoms with van der Waals surface area (Å²) in [5.74, 6) is -1.14. The lowest BCUT2D eigenvalue weighted by molar-refractivity contribution is -0.384. The molecule has 0 aliphatic heterocycles. The number of carbonyl (C=O) groups is 1. The molecule has 0 aliphatic carbocycles. The van der Waals surface area contributed by atoms with E-state index in [0.29, 0.717) is 5.69 Å². The van der Waals surface area contributed by atoms with Crippen LogP contribution in [0, 0.1) is 17.0 Å². The fourth-order valence-corrected chi connectivity index (χ4v) is 1.91. The molecule has 0 amide bonds.